The molecule has 5 heteroatoms. The van der Waals surface area contributed by atoms with Crippen molar-refractivity contribution in [2.45, 2.75) is 72.5 Å². The van der Waals surface area contributed by atoms with Gasteiger partial charge in [0.25, 0.3) is 5.91 Å². The van der Waals surface area contributed by atoms with Gasteiger partial charge in [-0.3, -0.25) is 9.59 Å². The summed E-state index contributed by atoms with van der Waals surface area (Å²) in [6.45, 7) is 12.2. The Morgan fingerprint density at radius 2 is 1.65 bits per heavy atom. The highest BCUT2D eigenvalue weighted by Gasteiger charge is 2.29. The lowest BCUT2D eigenvalue weighted by molar-refractivity contribution is -0.143. The zero-order valence-corrected chi connectivity index (χ0v) is 19.6. The summed E-state index contributed by atoms with van der Waals surface area (Å²) in [5.41, 5.74) is 3.17. The summed E-state index contributed by atoms with van der Waals surface area (Å²) in [5.74, 6) is 0.658. The topological polar surface area (TPSA) is 58.6 Å². The summed E-state index contributed by atoms with van der Waals surface area (Å²) in [6.07, 6.45) is 0.527. The number of aryl methyl sites for hydroxylation is 1. The number of nitrogens with zero attached hydrogens (tertiary/aromatic N) is 1. The summed E-state index contributed by atoms with van der Waals surface area (Å²) in [4.78, 5) is 27.9. The summed E-state index contributed by atoms with van der Waals surface area (Å²) < 4.78 is 5.94. The van der Waals surface area contributed by atoms with E-state index in [9.17, 15) is 9.59 Å². The van der Waals surface area contributed by atoms with E-state index >= 15 is 0 Å². The molecule has 2 aromatic rings. The zero-order chi connectivity index (χ0) is 23.0. The van der Waals surface area contributed by atoms with E-state index < -0.39 is 6.04 Å². The van der Waals surface area contributed by atoms with Crippen LogP contribution in [-0.4, -0.2) is 35.4 Å². The second-order valence-corrected chi connectivity index (χ2v) is 8.52. The van der Waals surface area contributed by atoms with Crippen LogP contribution in [-0.2, 0) is 16.1 Å². The first-order valence-electron chi connectivity index (χ1n) is 11.1. The lowest BCUT2D eigenvalue weighted by Crippen LogP contribution is -2.51. The fraction of sp³-hybridized carbons (Fsp3) is 0.462. The minimum absolute atomic E-state index is 0.00568. The van der Waals surface area contributed by atoms with Crippen molar-refractivity contribution in [1.82, 2.24) is 10.2 Å². The van der Waals surface area contributed by atoms with Crippen LogP contribution in [0.15, 0.2) is 48.5 Å². The van der Waals surface area contributed by atoms with Crippen LogP contribution in [0.3, 0.4) is 0 Å². The van der Waals surface area contributed by atoms with Gasteiger partial charge in [-0.05, 0) is 55.9 Å². The molecule has 0 fully saturated rings. The summed E-state index contributed by atoms with van der Waals surface area (Å²) >= 11 is 0. The lowest BCUT2D eigenvalue weighted by Gasteiger charge is -2.31. The first-order valence-corrected chi connectivity index (χ1v) is 11.1. The van der Waals surface area contributed by atoms with Crippen molar-refractivity contribution in [1.29, 1.82) is 0 Å². The van der Waals surface area contributed by atoms with E-state index in [-0.39, 0.29) is 30.4 Å². The number of para-hydroxylation sites is 1. The molecule has 0 saturated heterocycles. The fourth-order valence-corrected chi connectivity index (χ4v) is 3.58. The molecule has 0 saturated carbocycles. The van der Waals surface area contributed by atoms with Crippen LogP contribution in [0.5, 0.6) is 5.75 Å². The summed E-state index contributed by atoms with van der Waals surface area (Å²) in [6, 6.07) is 15.2. The SMILES string of the molecule is CC[C@H](C(=O)NC(C)C)N(Cc1ccccc1C)C(=O)COc1ccccc1C(C)C. The van der Waals surface area contributed by atoms with Crippen molar-refractivity contribution in [2.24, 2.45) is 0 Å². The number of hydrogen-bond acceptors (Lipinski definition) is 3. The van der Waals surface area contributed by atoms with Crippen LogP contribution < -0.4 is 10.1 Å². The number of nitrogens with one attached hydrogen (secondary N) is 1. The Hall–Kier alpha value is -2.82. The van der Waals surface area contributed by atoms with Crippen molar-refractivity contribution in [3.63, 3.8) is 0 Å². The van der Waals surface area contributed by atoms with Crippen molar-refractivity contribution in [3.8, 4) is 5.75 Å². The van der Waals surface area contributed by atoms with Gasteiger partial charge in [-0.2, -0.15) is 0 Å². The third-order valence-corrected chi connectivity index (χ3v) is 5.31. The maximum Gasteiger partial charge on any atom is 0.261 e. The maximum absolute atomic E-state index is 13.3. The molecule has 1 atom stereocenters. The van der Waals surface area contributed by atoms with Gasteiger partial charge in [-0.1, -0.05) is 63.2 Å². The molecule has 0 aromatic heterocycles. The molecule has 2 aromatic carbocycles. The molecule has 0 spiro atoms. The first kappa shape index (κ1) is 24.4. The predicted molar refractivity (Wildman–Crippen MR) is 125 cm³/mol. The van der Waals surface area contributed by atoms with Gasteiger partial charge in [0.05, 0.1) is 0 Å². The molecule has 31 heavy (non-hydrogen) atoms. The van der Waals surface area contributed by atoms with Gasteiger partial charge < -0.3 is 15.0 Å². The molecule has 0 aliphatic carbocycles. The number of benzene rings is 2. The Bertz CT molecular complexity index is 876. The van der Waals surface area contributed by atoms with E-state index in [2.05, 4.69) is 19.2 Å². The van der Waals surface area contributed by atoms with Gasteiger partial charge in [-0.25, -0.2) is 0 Å². The molecule has 5 nitrogen and oxygen atoms in total. The molecule has 2 amide bonds. The van der Waals surface area contributed by atoms with E-state index in [1.807, 2.05) is 76.2 Å². The zero-order valence-electron chi connectivity index (χ0n) is 19.6. The van der Waals surface area contributed by atoms with Crippen molar-refractivity contribution >= 4 is 11.8 Å². The molecule has 168 valence electrons. The Kier molecular flexibility index (Phi) is 9.10. The Labute approximate surface area is 186 Å². The number of amides is 2. The van der Waals surface area contributed by atoms with Crippen LogP contribution in [0.2, 0.25) is 0 Å². The monoisotopic (exact) mass is 424 g/mol. The quantitative estimate of drug-likeness (QED) is 0.594. The maximum atomic E-state index is 13.3. The minimum atomic E-state index is -0.557. The molecule has 2 rings (SSSR count). The van der Waals surface area contributed by atoms with Crippen LogP contribution in [0.25, 0.3) is 0 Å². The molecular weight excluding hydrogens is 388 g/mol. The highest BCUT2D eigenvalue weighted by atomic mass is 16.5. The van der Waals surface area contributed by atoms with E-state index in [0.717, 1.165) is 16.7 Å². The Balaban J connectivity index is 2.27. The second-order valence-electron chi connectivity index (χ2n) is 8.52. The van der Waals surface area contributed by atoms with E-state index in [1.165, 1.54) is 0 Å². The molecular formula is C26H36N2O3. The van der Waals surface area contributed by atoms with Crippen molar-refractivity contribution in [2.75, 3.05) is 6.61 Å². The average Bonchev–Trinajstić information content (AvgIpc) is 2.72. The molecule has 0 heterocycles. The van der Waals surface area contributed by atoms with E-state index in [0.29, 0.717) is 18.7 Å². The van der Waals surface area contributed by atoms with Gasteiger partial charge in [0, 0.05) is 12.6 Å². The second kappa shape index (κ2) is 11.5. The van der Waals surface area contributed by atoms with E-state index in [1.54, 1.807) is 4.90 Å². The van der Waals surface area contributed by atoms with E-state index in [4.69, 9.17) is 4.74 Å². The molecule has 0 aliphatic rings. The average molecular weight is 425 g/mol. The molecule has 0 aliphatic heterocycles. The smallest absolute Gasteiger partial charge is 0.261 e. The number of ether oxygens (including phenoxy) is 1. The molecule has 1 N–H and O–H groups in total. The van der Waals surface area contributed by atoms with Crippen molar-refractivity contribution < 1.29 is 14.3 Å². The summed E-state index contributed by atoms with van der Waals surface area (Å²) in [7, 11) is 0. The minimum Gasteiger partial charge on any atom is -0.483 e. The molecule has 0 bridgehead atoms. The third kappa shape index (κ3) is 6.84. The van der Waals surface area contributed by atoms with Crippen molar-refractivity contribution in [3.05, 3.63) is 65.2 Å². The van der Waals surface area contributed by atoms with Crippen LogP contribution in [0.4, 0.5) is 0 Å². The van der Waals surface area contributed by atoms with Gasteiger partial charge in [0.1, 0.15) is 11.8 Å². The third-order valence-electron chi connectivity index (χ3n) is 5.31. The first-order chi connectivity index (χ1) is 14.7. The molecule has 0 unspecified atom stereocenters. The van der Waals surface area contributed by atoms with Crippen LogP contribution in [0.1, 0.15) is 63.6 Å². The number of carbonyl (C=O) groups is 2. The van der Waals surface area contributed by atoms with Crippen LogP contribution in [0, 0.1) is 6.92 Å². The number of carbonyl (C=O) groups excluding carboxylic acids is 2. The number of rotatable bonds is 10. The predicted octanol–water partition coefficient (Wildman–Crippen LogP) is 4.83. The number of hydrogen-bond donors (Lipinski definition) is 1. The Morgan fingerprint density at radius 1 is 1.00 bits per heavy atom. The highest BCUT2D eigenvalue weighted by Crippen LogP contribution is 2.26. The largest absolute Gasteiger partial charge is 0.483 e. The van der Waals surface area contributed by atoms with Gasteiger partial charge >= 0.3 is 0 Å². The fourth-order valence-electron chi connectivity index (χ4n) is 3.58. The van der Waals surface area contributed by atoms with Gasteiger partial charge in [0.2, 0.25) is 5.91 Å². The normalized spacial score (nSPS) is 12.0. The molecule has 0 radical (unpaired) electrons. The van der Waals surface area contributed by atoms with Crippen LogP contribution >= 0.6 is 0 Å². The van der Waals surface area contributed by atoms with Gasteiger partial charge in [-0.15, -0.1) is 0 Å². The highest BCUT2D eigenvalue weighted by molar-refractivity contribution is 5.88. The standard InChI is InChI=1S/C26H36N2O3/c1-7-23(26(30)27-19(4)5)28(16-21-13-9-8-12-20(21)6)25(29)17-31-24-15-11-10-14-22(24)18(2)3/h8-15,18-19,23H,7,16-17H2,1-6H3,(H,27,30)/t23-/m1/s1. The lowest BCUT2D eigenvalue weighted by atomic mass is 10.0. The summed E-state index contributed by atoms with van der Waals surface area (Å²) in [5, 5.41) is 2.95. The Morgan fingerprint density at radius 3 is 2.26 bits per heavy atom. The van der Waals surface area contributed by atoms with Gasteiger partial charge in [0.15, 0.2) is 6.61 Å².